The standard InChI is InChI=1S/C18H21N3O4/c22-18(16-4-6-20-25-16)21-7-8-24-17-10-13(9-15(17)21)11-23-12-14-3-1-2-5-19-14/h1-6,13,15,17H,7-12H2/t13?,15-,17-/m1/s1. The molecule has 0 radical (unpaired) electrons. The van der Waals surface area contributed by atoms with E-state index in [-0.39, 0.29) is 23.8 Å². The molecule has 0 N–H and O–H groups in total. The van der Waals surface area contributed by atoms with Crippen LogP contribution in [0.4, 0.5) is 0 Å². The molecule has 1 unspecified atom stereocenters. The van der Waals surface area contributed by atoms with Crippen molar-refractivity contribution in [2.45, 2.75) is 31.6 Å². The highest BCUT2D eigenvalue weighted by Gasteiger charge is 2.43. The zero-order chi connectivity index (χ0) is 17.1. The molecule has 132 valence electrons. The lowest BCUT2D eigenvalue weighted by Gasteiger charge is -2.37. The molecule has 3 heterocycles. The van der Waals surface area contributed by atoms with Crippen molar-refractivity contribution in [2.24, 2.45) is 5.92 Å². The van der Waals surface area contributed by atoms with E-state index < -0.39 is 0 Å². The van der Waals surface area contributed by atoms with Crippen molar-refractivity contribution in [3.8, 4) is 0 Å². The van der Waals surface area contributed by atoms with Crippen molar-refractivity contribution >= 4 is 5.91 Å². The van der Waals surface area contributed by atoms with Crippen molar-refractivity contribution in [3.63, 3.8) is 0 Å². The molecule has 1 aliphatic heterocycles. The Hall–Kier alpha value is -2.25. The molecule has 4 rings (SSSR count). The summed E-state index contributed by atoms with van der Waals surface area (Å²) in [7, 11) is 0. The Morgan fingerprint density at radius 3 is 3.04 bits per heavy atom. The second kappa shape index (κ2) is 7.33. The molecule has 7 heteroatoms. The molecule has 0 aromatic carbocycles. The third kappa shape index (κ3) is 3.57. The third-order valence-electron chi connectivity index (χ3n) is 4.87. The van der Waals surface area contributed by atoms with Gasteiger partial charge in [-0.05, 0) is 30.9 Å². The van der Waals surface area contributed by atoms with Crippen LogP contribution in [0.25, 0.3) is 0 Å². The maximum Gasteiger partial charge on any atom is 0.292 e. The number of hydrogen-bond acceptors (Lipinski definition) is 6. The number of pyridine rings is 1. The van der Waals surface area contributed by atoms with Gasteiger partial charge in [0.25, 0.3) is 5.91 Å². The number of carbonyl (C=O) groups is 1. The molecular formula is C18H21N3O4. The third-order valence-corrected chi connectivity index (χ3v) is 4.87. The first-order chi connectivity index (χ1) is 12.3. The van der Waals surface area contributed by atoms with Gasteiger partial charge in [-0.3, -0.25) is 9.78 Å². The molecule has 1 aliphatic carbocycles. The Morgan fingerprint density at radius 2 is 2.24 bits per heavy atom. The van der Waals surface area contributed by atoms with E-state index in [0.29, 0.717) is 32.3 Å². The zero-order valence-corrected chi connectivity index (χ0v) is 13.9. The molecule has 2 aromatic rings. The molecule has 25 heavy (non-hydrogen) atoms. The summed E-state index contributed by atoms with van der Waals surface area (Å²) >= 11 is 0. The maximum atomic E-state index is 12.6. The predicted octanol–water partition coefficient (Wildman–Crippen LogP) is 1.91. The molecule has 1 amide bonds. The van der Waals surface area contributed by atoms with Crippen LogP contribution in [0.3, 0.4) is 0 Å². The Morgan fingerprint density at radius 1 is 1.28 bits per heavy atom. The van der Waals surface area contributed by atoms with Gasteiger partial charge in [-0.25, -0.2) is 0 Å². The quantitative estimate of drug-likeness (QED) is 0.825. The molecule has 0 bridgehead atoms. The second-order valence-electron chi connectivity index (χ2n) is 6.53. The second-order valence-corrected chi connectivity index (χ2v) is 6.53. The molecule has 2 aromatic heterocycles. The van der Waals surface area contributed by atoms with Gasteiger partial charge in [0.1, 0.15) is 0 Å². The topological polar surface area (TPSA) is 77.7 Å². The summed E-state index contributed by atoms with van der Waals surface area (Å²) in [5, 5.41) is 3.63. The van der Waals surface area contributed by atoms with Gasteiger partial charge in [-0.15, -0.1) is 0 Å². The minimum Gasteiger partial charge on any atom is -0.375 e. The van der Waals surface area contributed by atoms with Gasteiger partial charge < -0.3 is 18.9 Å². The first kappa shape index (κ1) is 16.2. The van der Waals surface area contributed by atoms with Gasteiger partial charge in [0.15, 0.2) is 0 Å². The fourth-order valence-corrected chi connectivity index (χ4v) is 3.72. The molecule has 1 saturated carbocycles. The monoisotopic (exact) mass is 343 g/mol. The van der Waals surface area contributed by atoms with Crippen LogP contribution in [-0.4, -0.2) is 52.9 Å². The van der Waals surface area contributed by atoms with E-state index in [2.05, 4.69) is 10.1 Å². The van der Waals surface area contributed by atoms with Crippen LogP contribution in [0.2, 0.25) is 0 Å². The zero-order valence-electron chi connectivity index (χ0n) is 13.9. The highest BCUT2D eigenvalue weighted by molar-refractivity contribution is 5.91. The number of morpholine rings is 1. The number of carbonyl (C=O) groups excluding carboxylic acids is 1. The van der Waals surface area contributed by atoms with Crippen LogP contribution in [-0.2, 0) is 16.1 Å². The van der Waals surface area contributed by atoms with Crippen molar-refractivity contribution in [1.29, 1.82) is 0 Å². The Balaban J connectivity index is 1.33. The highest BCUT2D eigenvalue weighted by Crippen LogP contribution is 2.35. The molecular weight excluding hydrogens is 322 g/mol. The summed E-state index contributed by atoms with van der Waals surface area (Å²) in [4.78, 5) is 18.7. The molecule has 1 saturated heterocycles. The lowest BCUT2D eigenvalue weighted by molar-refractivity contribution is -0.0461. The fraction of sp³-hybridized carbons (Fsp3) is 0.500. The van der Waals surface area contributed by atoms with E-state index in [1.165, 1.54) is 6.20 Å². The summed E-state index contributed by atoms with van der Waals surface area (Å²) in [5.74, 6) is 0.559. The summed E-state index contributed by atoms with van der Waals surface area (Å²) in [5.41, 5.74) is 0.927. The average molecular weight is 343 g/mol. The lowest BCUT2D eigenvalue weighted by Crippen LogP contribution is -2.51. The minimum atomic E-state index is -0.106. The Bertz CT molecular complexity index is 692. The number of fused-ring (bicyclic) bond motifs is 1. The molecule has 3 atom stereocenters. The van der Waals surface area contributed by atoms with E-state index in [1.807, 2.05) is 23.1 Å². The van der Waals surface area contributed by atoms with Crippen LogP contribution >= 0.6 is 0 Å². The smallest absolute Gasteiger partial charge is 0.292 e. The summed E-state index contributed by atoms with van der Waals surface area (Å²) in [6.45, 7) is 2.30. The summed E-state index contributed by atoms with van der Waals surface area (Å²) in [6, 6.07) is 7.49. The Kier molecular flexibility index (Phi) is 4.76. The van der Waals surface area contributed by atoms with Crippen LogP contribution in [0.5, 0.6) is 0 Å². The van der Waals surface area contributed by atoms with Crippen LogP contribution in [0.15, 0.2) is 41.2 Å². The number of nitrogens with zero attached hydrogens (tertiary/aromatic N) is 3. The van der Waals surface area contributed by atoms with Crippen molar-refractivity contribution in [2.75, 3.05) is 19.8 Å². The van der Waals surface area contributed by atoms with E-state index in [0.717, 1.165) is 18.5 Å². The molecule has 7 nitrogen and oxygen atoms in total. The normalized spacial score (nSPS) is 25.8. The minimum absolute atomic E-state index is 0.0732. The largest absolute Gasteiger partial charge is 0.375 e. The number of ether oxygens (including phenoxy) is 2. The van der Waals surface area contributed by atoms with Crippen LogP contribution < -0.4 is 0 Å². The van der Waals surface area contributed by atoms with E-state index in [9.17, 15) is 4.79 Å². The maximum absolute atomic E-state index is 12.6. The number of rotatable bonds is 5. The summed E-state index contributed by atoms with van der Waals surface area (Å²) < 4.78 is 16.7. The van der Waals surface area contributed by atoms with E-state index in [4.69, 9.17) is 14.0 Å². The van der Waals surface area contributed by atoms with Gasteiger partial charge >= 0.3 is 0 Å². The van der Waals surface area contributed by atoms with Crippen LogP contribution in [0, 0.1) is 5.92 Å². The van der Waals surface area contributed by atoms with Crippen molar-refractivity contribution < 1.29 is 18.8 Å². The predicted molar refractivity (Wildman–Crippen MR) is 87.7 cm³/mol. The fourth-order valence-electron chi connectivity index (χ4n) is 3.72. The van der Waals surface area contributed by atoms with E-state index >= 15 is 0 Å². The van der Waals surface area contributed by atoms with Gasteiger partial charge in [0.05, 0.1) is 43.9 Å². The molecule has 0 spiro atoms. The lowest BCUT2D eigenvalue weighted by atomic mass is 10.1. The van der Waals surface area contributed by atoms with E-state index in [1.54, 1.807) is 12.3 Å². The van der Waals surface area contributed by atoms with Gasteiger partial charge in [-0.2, -0.15) is 0 Å². The van der Waals surface area contributed by atoms with Crippen molar-refractivity contribution in [3.05, 3.63) is 48.1 Å². The highest BCUT2D eigenvalue weighted by atomic mass is 16.5. The SMILES string of the molecule is O=C(c1ccno1)N1CCO[C@@H]2CC(COCc3ccccn3)C[C@H]21. The van der Waals surface area contributed by atoms with Gasteiger partial charge in [0.2, 0.25) is 5.76 Å². The van der Waals surface area contributed by atoms with Gasteiger partial charge in [-0.1, -0.05) is 11.2 Å². The molecule has 2 aliphatic rings. The Labute approximate surface area is 145 Å². The number of aromatic nitrogens is 2. The molecule has 2 fully saturated rings. The van der Waals surface area contributed by atoms with Crippen molar-refractivity contribution in [1.82, 2.24) is 15.0 Å². The first-order valence-corrected chi connectivity index (χ1v) is 8.62. The first-order valence-electron chi connectivity index (χ1n) is 8.62. The number of hydrogen-bond donors (Lipinski definition) is 0. The van der Waals surface area contributed by atoms with Crippen LogP contribution in [0.1, 0.15) is 29.1 Å². The average Bonchev–Trinajstić information content (AvgIpc) is 3.31. The summed E-state index contributed by atoms with van der Waals surface area (Å²) in [6.07, 6.45) is 5.13. The number of amides is 1. The van der Waals surface area contributed by atoms with Gasteiger partial charge in [0, 0.05) is 18.8 Å².